The quantitative estimate of drug-likeness (QED) is 0.253. The Morgan fingerprint density at radius 1 is 1.19 bits per heavy atom. The van der Waals surface area contributed by atoms with Crippen LogP contribution in [0.15, 0.2) is 61.8 Å². The van der Waals surface area contributed by atoms with E-state index in [1.54, 1.807) is 18.4 Å². The Kier molecular flexibility index (Phi) is 8.03. The minimum atomic E-state index is -0.207. The molecule has 0 aliphatic carbocycles. The van der Waals surface area contributed by atoms with E-state index in [1.807, 2.05) is 38.1 Å². The molecule has 0 aliphatic heterocycles. The standard InChI is InChI=1S/C23H23Br2N3O3/c1-4-7-21-27-19-9-8-16(24)13-17(19)23(29)28(21)26-14-15-11-18(25)22(31-10-5-2)20(12-15)30-6-3/h5,8-9,11-14H,2,4,6-7,10H2,1,3H3. The second-order valence-corrected chi connectivity index (χ2v) is 8.43. The average molecular weight is 549 g/mol. The van der Waals surface area contributed by atoms with Crippen molar-refractivity contribution in [2.24, 2.45) is 5.10 Å². The van der Waals surface area contributed by atoms with Crippen LogP contribution in [-0.4, -0.2) is 29.1 Å². The summed E-state index contributed by atoms with van der Waals surface area (Å²) in [5.74, 6) is 1.80. The van der Waals surface area contributed by atoms with Crippen LogP contribution in [0.3, 0.4) is 0 Å². The predicted octanol–water partition coefficient (Wildman–Crippen LogP) is 5.72. The number of aromatic nitrogens is 2. The maximum absolute atomic E-state index is 13.1. The molecule has 2 aromatic carbocycles. The van der Waals surface area contributed by atoms with E-state index in [1.165, 1.54) is 4.68 Å². The van der Waals surface area contributed by atoms with Crippen molar-refractivity contribution in [1.82, 2.24) is 9.66 Å². The Morgan fingerprint density at radius 3 is 2.71 bits per heavy atom. The van der Waals surface area contributed by atoms with Crippen molar-refractivity contribution in [2.45, 2.75) is 26.7 Å². The number of benzene rings is 2. The third kappa shape index (κ3) is 5.43. The molecule has 3 aromatic rings. The lowest BCUT2D eigenvalue weighted by Gasteiger charge is -2.13. The molecule has 8 heteroatoms. The maximum Gasteiger partial charge on any atom is 0.282 e. The number of rotatable bonds is 9. The molecule has 162 valence electrons. The minimum Gasteiger partial charge on any atom is -0.490 e. The van der Waals surface area contributed by atoms with Crippen LogP contribution in [-0.2, 0) is 6.42 Å². The Labute approximate surface area is 197 Å². The lowest BCUT2D eigenvalue weighted by atomic mass is 10.2. The molecular weight excluding hydrogens is 526 g/mol. The van der Waals surface area contributed by atoms with Crippen molar-refractivity contribution >= 4 is 49.0 Å². The summed E-state index contributed by atoms with van der Waals surface area (Å²) in [6, 6.07) is 9.16. The first kappa shape index (κ1) is 23.2. The van der Waals surface area contributed by atoms with Gasteiger partial charge in [0.2, 0.25) is 0 Å². The van der Waals surface area contributed by atoms with Crippen molar-refractivity contribution in [3.8, 4) is 11.5 Å². The van der Waals surface area contributed by atoms with Gasteiger partial charge in [-0.15, -0.1) is 0 Å². The van der Waals surface area contributed by atoms with Crippen molar-refractivity contribution in [2.75, 3.05) is 13.2 Å². The normalized spacial score (nSPS) is 11.2. The van der Waals surface area contributed by atoms with Crippen molar-refractivity contribution in [1.29, 1.82) is 0 Å². The highest BCUT2D eigenvalue weighted by atomic mass is 79.9. The number of aryl methyl sites for hydroxylation is 1. The lowest BCUT2D eigenvalue weighted by molar-refractivity contribution is 0.295. The fourth-order valence-corrected chi connectivity index (χ4v) is 3.97. The van der Waals surface area contributed by atoms with Crippen LogP contribution in [0.4, 0.5) is 0 Å². The van der Waals surface area contributed by atoms with Crippen molar-refractivity contribution in [3.63, 3.8) is 0 Å². The van der Waals surface area contributed by atoms with Gasteiger partial charge in [-0.2, -0.15) is 9.78 Å². The monoisotopic (exact) mass is 547 g/mol. The summed E-state index contributed by atoms with van der Waals surface area (Å²) in [5, 5.41) is 4.99. The van der Waals surface area contributed by atoms with Gasteiger partial charge in [0.05, 0.1) is 28.2 Å². The number of hydrogen-bond acceptors (Lipinski definition) is 5. The van der Waals surface area contributed by atoms with Crippen LogP contribution in [0.1, 0.15) is 31.7 Å². The summed E-state index contributed by atoms with van der Waals surface area (Å²) in [6.45, 7) is 8.47. The number of hydrogen-bond donors (Lipinski definition) is 0. The second-order valence-electron chi connectivity index (χ2n) is 6.66. The van der Waals surface area contributed by atoms with Crippen LogP contribution in [0, 0.1) is 0 Å². The van der Waals surface area contributed by atoms with Crippen molar-refractivity contribution < 1.29 is 9.47 Å². The highest BCUT2D eigenvalue weighted by Gasteiger charge is 2.13. The van der Waals surface area contributed by atoms with Gasteiger partial charge in [-0.05, 0) is 65.2 Å². The zero-order chi connectivity index (χ0) is 22.4. The van der Waals surface area contributed by atoms with E-state index >= 15 is 0 Å². The number of halogens is 2. The lowest BCUT2D eigenvalue weighted by Crippen LogP contribution is -2.22. The Hall–Kier alpha value is -2.45. The van der Waals surface area contributed by atoms with Gasteiger partial charge in [-0.25, -0.2) is 4.98 Å². The summed E-state index contributed by atoms with van der Waals surface area (Å²) in [4.78, 5) is 17.8. The molecule has 3 rings (SSSR count). The third-order valence-electron chi connectivity index (χ3n) is 4.35. The van der Waals surface area contributed by atoms with Gasteiger partial charge in [0.1, 0.15) is 12.4 Å². The molecule has 0 unspecified atom stereocenters. The van der Waals surface area contributed by atoms with Gasteiger partial charge in [0.25, 0.3) is 5.56 Å². The largest absolute Gasteiger partial charge is 0.490 e. The average Bonchev–Trinajstić information content (AvgIpc) is 2.74. The van der Waals surface area contributed by atoms with E-state index in [-0.39, 0.29) is 5.56 Å². The van der Waals surface area contributed by atoms with E-state index in [4.69, 9.17) is 9.47 Å². The smallest absolute Gasteiger partial charge is 0.282 e. The molecule has 0 saturated carbocycles. The Balaban J connectivity index is 2.08. The van der Waals surface area contributed by atoms with E-state index in [0.717, 1.165) is 20.9 Å². The molecule has 0 saturated heterocycles. The topological polar surface area (TPSA) is 65.7 Å². The summed E-state index contributed by atoms with van der Waals surface area (Å²) in [6.07, 6.45) is 4.78. The minimum absolute atomic E-state index is 0.207. The predicted molar refractivity (Wildman–Crippen MR) is 132 cm³/mol. The second kappa shape index (κ2) is 10.7. The van der Waals surface area contributed by atoms with E-state index in [2.05, 4.69) is 48.5 Å². The van der Waals surface area contributed by atoms with Gasteiger partial charge in [-0.3, -0.25) is 4.79 Å². The van der Waals surface area contributed by atoms with Gasteiger partial charge in [-0.1, -0.05) is 35.5 Å². The van der Waals surface area contributed by atoms with Gasteiger partial charge < -0.3 is 9.47 Å². The highest BCUT2D eigenvalue weighted by molar-refractivity contribution is 9.10. The fraction of sp³-hybridized carbons (Fsp3) is 0.261. The van der Waals surface area contributed by atoms with Gasteiger partial charge in [0, 0.05) is 10.9 Å². The molecule has 31 heavy (non-hydrogen) atoms. The molecule has 1 heterocycles. The van der Waals surface area contributed by atoms with Crippen LogP contribution in [0.25, 0.3) is 10.9 Å². The highest BCUT2D eigenvalue weighted by Crippen LogP contribution is 2.36. The van der Waals surface area contributed by atoms with E-state index < -0.39 is 0 Å². The Bertz CT molecular complexity index is 1190. The van der Waals surface area contributed by atoms with Crippen molar-refractivity contribution in [3.05, 3.63) is 73.7 Å². The van der Waals surface area contributed by atoms with E-state index in [9.17, 15) is 4.79 Å². The summed E-state index contributed by atoms with van der Waals surface area (Å²) in [5.41, 5.74) is 1.21. The molecule has 0 fully saturated rings. The number of nitrogens with zero attached hydrogens (tertiary/aromatic N) is 3. The summed E-state index contributed by atoms with van der Waals surface area (Å²) in [7, 11) is 0. The van der Waals surface area contributed by atoms with Crippen LogP contribution < -0.4 is 15.0 Å². The third-order valence-corrected chi connectivity index (χ3v) is 5.43. The number of ether oxygens (including phenoxy) is 2. The maximum atomic E-state index is 13.1. The molecule has 0 atom stereocenters. The fourth-order valence-electron chi connectivity index (χ4n) is 3.03. The summed E-state index contributed by atoms with van der Waals surface area (Å²) >= 11 is 6.95. The molecule has 0 aliphatic rings. The van der Waals surface area contributed by atoms with Gasteiger partial charge >= 0.3 is 0 Å². The molecule has 0 radical (unpaired) electrons. The van der Waals surface area contributed by atoms with Crippen LogP contribution in [0.5, 0.6) is 11.5 Å². The first-order valence-corrected chi connectivity index (χ1v) is 11.5. The summed E-state index contributed by atoms with van der Waals surface area (Å²) < 4.78 is 14.4. The SMILES string of the molecule is C=CCOc1c(Br)cc(C=Nn2c(CCC)nc3ccc(Br)cc3c2=O)cc1OCC. The van der Waals surface area contributed by atoms with E-state index in [0.29, 0.717) is 47.9 Å². The van der Waals surface area contributed by atoms with Gasteiger partial charge in [0.15, 0.2) is 11.5 Å². The molecular formula is C23H23Br2N3O3. The molecule has 0 amide bonds. The first-order chi connectivity index (χ1) is 15.0. The van der Waals surface area contributed by atoms with Crippen LogP contribution >= 0.6 is 31.9 Å². The molecule has 6 nitrogen and oxygen atoms in total. The molecule has 1 aromatic heterocycles. The first-order valence-electron chi connectivity index (χ1n) is 9.94. The van der Waals surface area contributed by atoms with Crippen LogP contribution in [0.2, 0.25) is 0 Å². The Morgan fingerprint density at radius 2 is 2.00 bits per heavy atom. The molecule has 0 bridgehead atoms. The molecule has 0 spiro atoms. The zero-order valence-corrected chi connectivity index (χ0v) is 20.6. The molecule has 0 N–H and O–H groups in total. The number of fused-ring (bicyclic) bond motifs is 1. The zero-order valence-electron chi connectivity index (χ0n) is 17.4.